The molecule has 0 aromatic carbocycles. The van der Waals surface area contributed by atoms with Gasteiger partial charge in [-0.05, 0) is 0 Å². The van der Waals surface area contributed by atoms with Crippen LogP contribution in [0.5, 0.6) is 0 Å². The predicted octanol–water partition coefficient (Wildman–Crippen LogP) is -3.67. The summed E-state index contributed by atoms with van der Waals surface area (Å²) < 4.78 is 17.2. The van der Waals surface area contributed by atoms with Crippen molar-refractivity contribution in [2.75, 3.05) is 5.73 Å². The first-order valence-corrected chi connectivity index (χ1v) is 7.53. The maximum Gasteiger partial charge on any atom is 0.499 e. The molecule has 0 spiro atoms. The maximum atomic E-state index is 11.7. The van der Waals surface area contributed by atoms with Crippen LogP contribution in [0.4, 0.5) is 5.82 Å². The summed E-state index contributed by atoms with van der Waals surface area (Å²) in [4.78, 5) is 32.0. The minimum atomic E-state index is -4.74. The third-order valence-corrected chi connectivity index (χ3v) is 4.25. The van der Waals surface area contributed by atoms with Gasteiger partial charge in [0.15, 0.2) is 5.82 Å². The Morgan fingerprint density at radius 3 is 2.52 bits per heavy atom. The Morgan fingerprint density at radius 2 is 2.00 bits per heavy atom. The molecule has 11 nitrogen and oxygen atoms in total. The Bertz CT molecular complexity index is 631. The Kier molecular flexibility index (Phi) is 4.17. The molecule has 0 aliphatic carbocycles. The lowest BCUT2D eigenvalue weighted by atomic mass is 10.1. The zero-order valence-corrected chi connectivity index (χ0v) is 11.5. The topological polar surface area (TPSA) is 196 Å². The third-order valence-electron chi connectivity index (χ3n) is 3.17. The van der Waals surface area contributed by atoms with E-state index in [9.17, 15) is 19.6 Å². The molecule has 5 atom stereocenters. The molecule has 2 heterocycles. The minimum absolute atomic E-state index is 0.0766. The van der Waals surface area contributed by atoms with Crippen molar-refractivity contribution in [3.05, 3.63) is 22.7 Å². The van der Waals surface area contributed by atoms with Gasteiger partial charge >= 0.3 is 13.3 Å². The predicted molar refractivity (Wildman–Crippen MR) is 67.6 cm³/mol. The van der Waals surface area contributed by atoms with Crippen molar-refractivity contribution in [2.24, 2.45) is 5.73 Å². The molecule has 0 bridgehead atoms. The number of nitrogen functional groups attached to an aromatic ring is 1. The van der Waals surface area contributed by atoms with E-state index in [0.29, 0.717) is 0 Å². The fourth-order valence-corrected chi connectivity index (χ4v) is 2.68. The van der Waals surface area contributed by atoms with Crippen molar-refractivity contribution in [3.8, 4) is 0 Å². The number of aliphatic hydroxyl groups is 2. The highest BCUT2D eigenvalue weighted by atomic mass is 31.2. The Morgan fingerprint density at radius 1 is 1.38 bits per heavy atom. The van der Waals surface area contributed by atoms with E-state index in [1.165, 1.54) is 12.3 Å². The van der Waals surface area contributed by atoms with Crippen molar-refractivity contribution in [3.63, 3.8) is 0 Å². The van der Waals surface area contributed by atoms with Crippen molar-refractivity contribution >= 4 is 13.4 Å². The van der Waals surface area contributed by atoms with Crippen LogP contribution in [0.3, 0.4) is 0 Å². The summed E-state index contributed by atoms with van der Waals surface area (Å²) in [5.41, 5.74) is 9.99. The summed E-state index contributed by atoms with van der Waals surface area (Å²) in [5.74, 6) is -1.76. The molecule has 1 aliphatic rings. The molecule has 0 saturated carbocycles. The fraction of sp³-hybridized carbons (Fsp3) is 0.556. The van der Waals surface area contributed by atoms with Gasteiger partial charge < -0.3 is 36.2 Å². The van der Waals surface area contributed by atoms with E-state index in [4.69, 9.17) is 26.0 Å². The standard InChI is InChI=1S/C9H15N4O7P/c10-3-1-2-13(9(16)12-3)8-5(15)4(14)6(20-8)7(11)21(17,18)19/h1-2,4-8,14-15H,11H2,(H4,10,12,16,17,18,19)/p+1/t4-,5+,6-,7+,8+/m0/s1. The highest BCUT2D eigenvalue weighted by molar-refractivity contribution is 7.52. The summed E-state index contributed by atoms with van der Waals surface area (Å²) in [6.45, 7) is 0. The molecule has 118 valence electrons. The summed E-state index contributed by atoms with van der Waals surface area (Å²) in [5, 5.41) is 19.7. The molecular weight excluding hydrogens is 307 g/mol. The highest BCUT2D eigenvalue weighted by Gasteiger charge is 2.52. The number of hydrogen-bond donors (Lipinski definition) is 7. The number of ether oxygens (including phenoxy) is 1. The SMILES string of the molecule is Nc1cc[n+]([C@@H]2O[C@H]([C@H](N)P(=O)(O)O)[C@@H](O)[C@H]2O)c(=O)[nH]1. The highest BCUT2D eigenvalue weighted by Crippen LogP contribution is 2.44. The molecule has 0 unspecified atom stereocenters. The number of anilines is 1. The summed E-state index contributed by atoms with van der Waals surface area (Å²) in [7, 11) is -4.74. The van der Waals surface area contributed by atoms with Crippen molar-refractivity contribution in [1.29, 1.82) is 0 Å². The largest absolute Gasteiger partial charge is 0.499 e. The Hall–Kier alpha value is -1.33. The van der Waals surface area contributed by atoms with Gasteiger partial charge in [-0.1, -0.05) is 0 Å². The average molecular weight is 323 g/mol. The quantitative estimate of drug-likeness (QED) is 0.216. The van der Waals surface area contributed by atoms with Crippen LogP contribution in [0.15, 0.2) is 17.1 Å². The zero-order chi connectivity index (χ0) is 15.9. The van der Waals surface area contributed by atoms with Gasteiger partial charge in [-0.15, -0.1) is 0 Å². The van der Waals surface area contributed by atoms with E-state index < -0.39 is 43.6 Å². The van der Waals surface area contributed by atoms with Gasteiger partial charge in [0.1, 0.15) is 30.3 Å². The van der Waals surface area contributed by atoms with Gasteiger partial charge in [0, 0.05) is 6.07 Å². The van der Waals surface area contributed by atoms with Crippen molar-refractivity contribution in [2.45, 2.75) is 30.3 Å². The molecule has 21 heavy (non-hydrogen) atoms. The van der Waals surface area contributed by atoms with Crippen LogP contribution in [-0.4, -0.2) is 49.1 Å². The van der Waals surface area contributed by atoms with Crippen LogP contribution >= 0.6 is 7.60 Å². The van der Waals surface area contributed by atoms with Crippen molar-refractivity contribution < 1.29 is 33.9 Å². The number of nitrogens with zero attached hydrogens (tertiary/aromatic N) is 1. The smallest absolute Gasteiger partial charge is 0.387 e. The van der Waals surface area contributed by atoms with Crippen LogP contribution in [-0.2, 0) is 9.30 Å². The monoisotopic (exact) mass is 323 g/mol. The summed E-state index contributed by atoms with van der Waals surface area (Å²) >= 11 is 0. The Balaban J connectivity index is 2.32. The van der Waals surface area contributed by atoms with Gasteiger partial charge in [-0.2, -0.15) is 14.3 Å². The van der Waals surface area contributed by atoms with E-state index in [1.54, 1.807) is 0 Å². The molecule has 1 fully saturated rings. The van der Waals surface area contributed by atoms with Crippen LogP contribution in [0.1, 0.15) is 6.23 Å². The lowest BCUT2D eigenvalue weighted by Crippen LogP contribution is -2.58. The lowest BCUT2D eigenvalue weighted by Gasteiger charge is -2.21. The second kappa shape index (κ2) is 5.46. The number of aliphatic hydroxyl groups excluding tert-OH is 2. The van der Waals surface area contributed by atoms with Gasteiger partial charge in [-0.3, -0.25) is 4.57 Å². The maximum absolute atomic E-state index is 11.7. The van der Waals surface area contributed by atoms with E-state index in [-0.39, 0.29) is 5.82 Å². The van der Waals surface area contributed by atoms with E-state index >= 15 is 0 Å². The molecule has 0 amide bonds. The molecule has 9 N–H and O–H groups in total. The first kappa shape index (κ1) is 16.0. The second-order valence-corrected chi connectivity index (χ2v) is 6.44. The molecule has 1 aromatic heterocycles. The zero-order valence-electron chi connectivity index (χ0n) is 10.6. The number of hydrogen-bond acceptors (Lipinski definition) is 7. The number of rotatable bonds is 3. The number of aromatic amines is 1. The number of H-pyrrole nitrogens is 1. The van der Waals surface area contributed by atoms with Gasteiger partial charge in [0.05, 0.1) is 0 Å². The van der Waals surface area contributed by atoms with Gasteiger partial charge in [0.25, 0.3) is 0 Å². The van der Waals surface area contributed by atoms with Gasteiger partial charge in [0.2, 0.25) is 6.23 Å². The molecule has 1 aliphatic heterocycles. The molecule has 1 saturated heterocycles. The average Bonchev–Trinajstić information content (AvgIpc) is 2.65. The number of aromatic nitrogens is 2. The van der Waals surface area contributed by atoms with Crippen LogP contribution in [0, 0.1) is 0 Å². The summed E-state index contributed by atoms with van der Waals surface area (Å²) in [6.07, 6.45) is -4.94. The Labute approximate surface area is 117 Å². The first-order valence-electron chi connectivity index (χ1n) is 5.85. The molecule has 1 aromatic rings. The number of nitrogens with two attached hydrogens (primary N) is 2. The van der Waals surface area contributed by atoms with E-state index in [1.807, 2.05) is 0 Å². The first-order chi connectivity index (χ1) is 9.62. The normalized spacial score (nSPS) is 31.3. The molecule has 0 radical (unpaired) electrons. The molecular formula is C9H16N4O7P+. The van der Waals surface area contributed by atoms with E-state index in [0.717, 1.165) is 4.57 Å². The lowest BCUT2D eigenvalue weighted by molar-refractivity contribution is -0.779. The third kappa shape index (κ3) is 2.99. The number of nitrogens with one attached hydrogen (secondary N) is 1. The van der Waals surface area contributed by atoms with Gasteiger partial charge in [-0.25, -0.2) is 0 Å². The van der Waals surface area contributed by atoms with E-state index in [2.05, 4.69) is 4.98 Å². The summed E-state index contributed by atoms with van der Waals surface area (Å²) in [6, 6.07) is 1.32. The molecule has 12 heteroatoms. The van der Waals surface area contributed by atoms with Crippen LogP contribution < -0.4 is 21.7 Å². The van der Waals surface area contributed by atoms with Crippen LogP contribution in [0.25, 0.3) is 0 Å². The fourth-order valence-electron chi connectivity index (χ4n) is 2.05. The minimum Gasteiger partial charge on any atom is -0.387 e. The van der Waals surface area contributed by atoms with Crippen LogP contribution in [0.2, 0.25) is 0 Å². The molecule has 2 rings (SSSR count). The van der Waals surface area contributed by atoms with Crippen molar-refractivity contribution in [1.82, 2.24) is 4.98 Å². The second-order valence-electron chi connectivity index (χ2n) is 4.66.